The minimum atomic E-state index is 0.614. The lowest BCUT2D eigenvalue weighted by Crippen LogP contribution is -2.36. The third-order valence-corrected chi connectivity index (χ3v) is 5.21. The molecule has 3 heterocycles. The molecule has 2 aromatic heterocycles. The second-order valence-electron chi connectivity index (χ2n) is 6.69. The van der Waals surface area contributed by atoms with Crippen LogP contribution < -0.4 is 0 Å². The summed E-state index contributed by atoms with van der Waals surface area (Å²) in [5, 5.41) is 4.03. The van der Waals surface area contributed by atoms with Crippen LogP contribution in [0.5, 0.6) is 0 Å². The summed E-state index contributed by atoms with van der Waals surface area (Å²) < 4.78 is 5.38. The van der Waals surface area contributed by atoms with Crippen LogP contribution in [-0.4, -0.2) is 44.4 Å². The van der Waals surface area contributed by atoms with Gasteiger partial charge < -0.3 is 9.51 Å². The van der Waals surface area contributed by atoms with Crippen LogP contribution in [0.3, 0.4) is 0 Å². The second-order valence-corrected chi connectivity index (χ2v) is 7.55. The zero-order valence-electron chi connectivity index (χ0n) is 14.4. The van der Waals surface area contributed by atoms with E-state index < -0.39 is 0 Å². The minimum absolute atomic E-state index is 0.614. The summed E-state index contributed by atoms with van der Waals surface area (Å²) in [6, 6.07) is 8.22. The van der Waals surface area contributed by atoms with Crippen LogP contribution in [0.2, 0.25) is 0 Å². The maximum Gasteiger partial charge on any atom is 0.240 e. The normalized spacial score (nSPS) is 18.8. The van der Waals surface area contributed by atoms with Gasteiger partial charge in [-0.1, -0.05) is 17.3 Å². The fourth-order valence-corrected chi connectivity index (χ4v) is 3.95. The highest BCUT2D eigenvalue weighted by atomic mass is 32.2. The molecule has 1 fully saturated rings. The number of hydrogen-bond acceptors (Lipinski definition) is 6. The van der Waals surface area contributed by atoms with Crippen LogP contribution in [-0.2, 0) is 18.7 Å². The third-order valence-electron chi connectivity index (χ3n) is 4.67. The highest BCUT2D eigenvalue weighted by Gasteiger charge is 2.23. The first kappa shape index (κ1) is 16.6. The Kier molecular flexibility index (Phi) is 5.03. The Bertz CT molecular complexity index is 797. The summed E-state index contributed by atoms with van der Waals surface area (Å²) in [6.07, 6.45) is 5.49. The standard InChI is InChI=1S/C18H23N5OS/c1-25-12-17-21-18(24-22-17)11-23-8-4-5-13(10-23)9-16-19-14-6-2-3-7-15(14)20-16/h2-3,6-7,13H,4-5,8-12H2,1H3,(H,19,20)/t13-/m0/s1. The average molecular weight is 357 g/mol. The monoisotopic (exact) mass is 357 g/mol. The summed E-state index contributed by atoms with van der Waals surface area (Å²) in [6.45, 7) is 2.90. The van der Waals surface area contributed by atoms with E-state index in [0.29, 0.717) is 5.92 Å². The Morgan fingerprint density at radius 3 is 3.12 bits per heavy atom. The molecule has 0 spiro atoms. The van der Waals surface area contributed by atoms with E-state index in [1.165, 1.54) is 12.8 Å². The van der Waals surface area contributed by atoms with Crippen molar-refractivity contribution in [1.29, 1.82) is 0 Å². The van der Waals surface area contributed by atoms with E-state index in [0.717, 1.165) is 60.4 Å². The number of hydrogen-bond donors (Lipinski definition) is 1. The van der Waals surface area contributed by atoms with E-state index in [2.05, 4.69) is 32.2 Å². The fraction of sp³-hybridized carbons (Fsp3) is 0.500. The average Bonchev–Trinajstić information content (AvgIpc) is 3.21. The number of thioether (sulfide) groups is 1. The van der Waals surface area contributed by atoms with Crippen LogP contribution in [0.15, 0.2) is 28.8 Å². The highest BCUT2D eigenvalue weighted by Crippen LogP contribution is 2.22. The fourth-order valence-electron chi connectivity index (χ4n) is 3.57. The highest BCUT2D eigenvalue weighted by molar-refractivity contribution is 7.97. The number of nitrogens with zero attached hydrogens (tertiary/aromatic N) is 4. The molecule has 0 unspecified atom stereocenters. The number of piperidine rings is 1. The van der Waals surface area contributed by atoms with Gasteiger partial charge in [0.25, 0.3) is 0 Å². The van der Waals surface area contributed by atoms with Crippen LogP contribution in [0.25, 0.3) is 11.0 Å². The first-order valence-electron chi connectivity index (χ1n) is 8.76. The van der Waals surface area contributed by atoms with E-state index in [9.17, 15) is 0 Å². The van der Waals surface area contributed by atoms with Crippen LogP contribution in [0.4, 0.5) is 0 Å². The van der Waals surface area contributed by atoms with Crippen LogP contribution in [0, 0.1) is 5.92 Å². The molecule has 0 radical (unpaired) electrons. The zero-order chi connectivity index (χ0) is 17.1. The Labute approximate surface area is 151 Å². The Balaban J connectivity index is 1.36. The summed E-state index contributed by atoms with van der Waals surface area (Å²) in [4.78, 5) is 15.1. The molecule has 1 aromatic carbocycles. The molecular formula is C18H23N5OS. The molecule has 0 bridgehead atoms. The molecule has 1 aliphatic rings. The quantitative estimate of drug-likeness (QED) is 0.730. The van der Waals surface area contributed by atoms with E-state index in [-0.39, 0.29) is 0 Å². The number of rotatable bonds is 6. The molecule has 3 aromatic rings. The van der Waals surface area contributed by atoms with E-state index in [1.807, 2.05) is 18.4 Å². The van der Waals surface area contributed by atoms with E-state index in [4.69, 9.17) is 9.51 Å². The van der Waals surface area contributed by atoms with Gasteiger partial charge in [-0.2, -0.15) is 16.7 Å². The number of H-pyrrole nitrogens is 1. The Morgan fingerprint density at radius 2 is 2.24 bits per heavy atom. The van der Waals surface area contributed by atoms with Gasteiger partial charge in [-0.25, -0.2) is 4.98 Å². The molecule has 0 aliphatic carbocycles. The molecule has 1 aliphatic heterocycles. The molecule has 4 rings (SSSR count). The van der Waals surface area contributed by atoms with Gasteiger partial charge in [0.2, 0.25) is 5.89 Å². The molecule has 0 saturated carbocycles. The molecule has 1 atom stereocenters. The third kappa shape index (κ3) is 4.04. The van der Waals surface area contributed by atoms with Crippen molar-refractivity contribution >= 4 is 22.8 Å². The minimum Gasteiger partial charge on any atom is -0.342 e. The molecule has 25 heavy (non-hydrogen) atoms. The number of aromatic amines is 1. The van der Waals surface area contributed by atoms with Crippen LogP contribution in [0.1, 0.15) is 30.4 Å². The number of benzene rings is 1. The number of imidazole rings is 1. The van der Waals surface area contributed by atoms with Gasteiger partial charge in [0, 0.05) is 13.0 Å². The predicted octanol–water partition coefficient (Wildman–Crippen LogP) is 3.26. The van der Waals surface area contributed by atoms with Gasteiger partial charge in [0.1, 0.15) is 5.82 Å². The molecular weight excluding hydrogens is 334 g/mol. The first-order chi connectivity index (χ1) is 12.3. The van der Waals surface area contributed by atoms with Crippen molar-refractivity contribution in [2.45, 2.75) is 31.6 Å². The number of nitrogens with one attached hydrogen (secondary N) is 1. The van der Waals surface area contributed by atoms with E-state index in [1.54, 1.807) is 11.8 Å². The van der Waals surface area contributed by atoms with Crippen molar-refractivity contribution in [2.75, 3.05) is 19.3 Å². The maximum atomic E-state index is 5.38. The lowest BCUT2D eigenvalue weighted by atomic mass is 9.94. The zero-order valence-corrected chi connectivity index (χ0v) is 15.3. The lowest BCUT2D eigenvalue weighted by Gasteiger charge is -2.31. The number of aromatic nitrogens is 4. The molecule has 6 nitrogen and oxygen atoms in total. The number of likely N-dealkylation sites (tertiary alicyclic amines) is 1. The van der Waals surface area contributed by atoms with Crippen LogP contribution >= 0.6 is 11.8 Å². The smallest absolute Gasteiger partial charge is 0.240 e. The molecule has 132 valence electrons. The largest absolute Gasteiger partial charge is 0.342 e. The summed E-state index contributed by atoms with van der Waals surface area (Å²) in [5.74, 6) is 4.03. The first-order valence-corrected chi connectivity index (χ1v) is 10.2. The lowest BCUT2D eigenvalue weighted by molar-refractivity contribution is 0.149. The van der Waals surface area contributed by atoms with Gasteiger partial charge in [-0.05, 0) is 43.7 Å². The van der Waals surface area contributed by atoms with Crippen molar-refractivity contribution in [1.82, 2.24) is 25.0 Å². The van der Waals surface area contributed by atoms with Crippen molar-refractivity contribution in [3.8, 4) is 0 Å². The van der Waals surface area contributed by atoms with Crippen molar-refractivity contribution < 1.29 is 4.52 Å². The Morgan fingerprint density at radius 1 is 1.32 bits per heavy atom. The molecule has 7 heteroatoms. The van der Waals surface area contributed by atoms with E-state index >= 15 is 0 Å². The van der Waals surface area contributed by atoms with Gasteiger partial charge in [-0.3, -0.25) is 4.90 Å². The predicted molar refractivity (Wildman–Crippen MR) is 99.3 cm³/mol. The molecule has 1 saturated heterocycles. The van der Waals surface area contributed by atoms with Gasteiger partial charge in [0.05, 0.1) is 23.3 Å². The number of fused-ring (bicyclic) bond motifs is 1. The Hall–Kier alpha value is -1.86. The summed E-state index contributed by atoms with van der Waals surface area (Å²) in [5.41, 5.74) is 2.18. The maximum absolute atomic E-state index is 5.38. The van der Waals surface area contributed by atoms with Gasteiger partial charge in [-0.15, -0.1) is 0 Å². The topological polar surface area (TPSA) is 70.8 Å². The second kappa shape index (κ2) is 7.58. The van der Waals surface area contributed by atoms with Gasteiger partial charge in [0.15, 0.2) is 5.82 Å². The number of para-hydroxylation sites is 2. The van der Waals surface area contributed by atoms with Gasteiger partial charge >= 0.3 is 0 Å². The molecule has 0 amide bonds. The van der Waals surface area contributed by atoms with Crippen molar-refractivity contribution in [3.63, 3.8) is 0 Å². The summed E-state index contributed by atoms with van der Waals surface area (Å²) in [7, 11) is 0. The SMILES string of the molecule is CSCc1noc(CN2CCC[C@@H](Cc3nc4ccccc4[nH]3)C2)n1. The van der Waals surface area contributed by atoms with Crippen molar-refractivity contribution in [3.05, 3.63) is 41.8 Å². The van der Waals surface area contributed by atoms with Crippen molar-refractivity contribution in [2.24, 2.45) is 5.92 Å². The molecule has 1 N–H and O–H groups in total. The summed E-state index contributed by atoms with van der Waals surface area (Å²) >= 11 is 1.71.